The number of anilines is 1. The number of rotatable bonds is 7. The maximum absolute atomic E-state index is 13.4. The van der Waals surface area contributed by atoms with Gasteiger partial charge in [0, 0.05) is 12.6 Å². The van der Waals surface area contributed by atoms with E-state index in [0.717, 1.165) is 18.5 Å². The molecule has 0 aliphatic heterocycles. The summed E-state index contributed by atoms with van der Waals surface area (Å²) in [6.07, 6.45) is 3.63. The van der Waals surface area contributed by atoms with Gasteiger partial charge in [-0.25, -0.2) is 4.39 Å². The van der Waals surface area contributed by atoms with Crippen molar-refractivity contribution in [3.63, 3.8) is 0 Å². The standard InChI is InChI=1S/C14H18FN5O/c15-12-5-1-2-6-13(12)17-14(21)7-9-20-10-11(18-19-20)4-3-8-16/h1-2,5-6,10H,3-4,7-9,16H2,(H,17,21). The van der Waals surface area contributed by atoms with Crippen LogP contribution in [0.4, 0.5) is 10.1 Å². The average Bonchev–Trinajstić information content (AvgIpc) is 2.93. The molecular weight excluding hydrogens is 273 g/mol. The molecular formula is C14H18FN5O. The Balaban J connectivity index is 1.81. The zero-order valence-electron chi connectivity index (χ0n) is 11.6. The summed E-state index contributed by atoms with van der Waals surface area (Å²) >= 11 is 0. The Morgan fingerprint density at radius 1 is 1.38 bits per heavy atom. The van der Waals surface area contributed by atoms with E-state index in [4.69, 9.17) is 5.73 Å². The molecule has 0 atom stereocenters. The summed E-state index contributed by atoms with van der Waals surface area (Å²) in [6.45, 7) is 1.01. The first-order valence-electron chi connectivity index (χ1n) is 6.82. The molecule has 2 aromatic rings. The lowest BCUT2D eigenvalue weighted by molar-refractivity contribution is -0.116. The van der Waals surface area contributed by atoms with Gasteiger partial charge in [-0.2, -0.15) is 0 Å². The molecule has 1 amide bonds. The second kappa shape index (κ2) is 7.49. The first-order chi connectivity index (χ1) is 10.2. The number of hydrogen-bond acceptors (Lipinski definition) is 4. The van der Waals surface area contributed by atoms with E-state index in [9.17, 15) is 9.18 Å². The lowest BCUT2D eigenvalue weighted by Crippen LogP contribution is -2.15. The van der Waals surface area contributed by atoms with Gasteiger partial charge >= 0.3 is 0 Å². The minimum absolute atomic E-state index is 0.185. The van der Waals surface area contributed by atoms with Crippen molar-refractivity contribution < 1.29 is 9.18 Å². The molecule has 21 heavy (non-hydrogen) atoms. The predicted octanol–water partition coefficient (Wildman–Crippen LogP) is 1.34. The summed E-state index contributed by atoms with van der Waals surface area (Å²) in [6, 6.07) is 6.06. The number of aryl methyl sites for hydroxylation is 2. The van der Waals surface area contributed by atoms with E-state index in [2.05, 4.69) is 15.6 Å². The van der Waals surface area contributed by atoms with Crippen LogP contribution in [0.2, 0.25) is 0 Å². The topological polar surface area (TPSA) is 85.8 Å². The number of benzene rings is 1. The van der Waals surface area contributed by atoms with Crippen molar-refractivity contribution in [2.75, 3.05) is 11.9 Å². The monoisotopic (exact) mass is 291 g/mol. The minimum Gasteiger partial charge on any atom is -0.330 e. The second-order valence-electron chi connectivity index (χ2n) is 4.64. The van der Waals surface area contributed by atoms with Gasteiger partial charge in [-0.05, 0) is 31.5 Å². The molecule has 0 saturated carbocycles. The smallest absolute Gasteiger partial charge is 0.226 e. The van der Waals surface area contributed by atoms with Gasteiger partial charge in [0.25, 0.3) is 0 Å². The normalized spacial score (nSPS) is 10.6. The molecule has 0 bridgehead atoms. The minimum atomic E-state index is -0.448. The molecule has 1 aromatic carbocycles. The highest BCUT2D eigenvalue weighted by atomic mass is 19.1. The van der Waals surface area contributed by atoms with E-state index in [1.165, 1.54) is 12.1 Å². The lowest BCUT2D eigenvalue weighted by Gasteiger charge is -2.05. The molecule has 0 aliphatic carbocycles. The van der Waals surface area contributed by atoms with Gasteiger partial charge in [-0.1, -0.05) is 17.3 Å². The van der Waals surface area contributed by atoms with E-state index in [1.54, 1.807) is 23.0 Å². The number of amides is 1. The van der Waals surface area contributed by atoms with Gasteiger partial charge in [-0.3, -0.25) is 9.48 Å². The van der Waals surface area contributed by atoms with E-state index < -0.39 is 5.82 Å². The first-order valence-corrected chi connectivity index (χ1v) is 6.82. The molecule has 2 rings (SSSR count). The summed E-state index contributed by atoms with van der Waals surface area (Å²) in [7, 11) is 0. The highest BCUT2D eigenvalue weighted by Crippen LogP contribution is 2.12. The van der Waals surface area contributed by atoms with Gasteiger partial charge in [0.05, 0.1) is 17.9 Å². The number of carbonyl (C=O) groups is 1. The van der Waals surface area contributed by atoms with Crippen LogP contribution in [-0.2, 0) is 17.8 Å². The Morgan fingerprint density at radius 2 is 2.19 bits per heavy atom. The molecule has 0 spiro atoms. The fourth-order valence-electron chi connectivity index (χ4n) is 1.84. The van der Waals surface area contributed by atoms with Crippen molar-refractivity contribution in [2.24, 2.45) is 5.73 Å². The molecule has 0 fully saturated rings. The van der Waals surface area contributed by atoms with Crippen LogP contribution in [0.25, 0.3) is 0 Å². The predicted molar refractivity (Wildman–Crippen MR) is 77.0 cm³/mol. The Labute approximate surface area is 122 Å². The van der Waals surface area contributed by atoms with Crippen molar-refractivity contribution in [2.45, 2.75) is 25.8 Å². The number of para-hydroxylation sites is 1. The maximum atomic E-state index is 13.4. The number of nitrogens with one attached hydrogen (secondary N) is 1. The van der Waals surface area contributed by atoms with E-state index >= 15 is 0 Å². The van der Waals surface area contributed by atoms with Crippen LogP contribution in [0.15, 0.2) is 30.5 Å². The van der Waals surface area contributed by atoms with Gasteiger partial charge in [0.1, 0.15) is 5.82 Å². The Bertz CT molecular complexity index is 599. The maximum Gasteiger partial charge on any atom is 0.226 e. The van der Waals surface area contributed by atoms with Crippen molar-refractivity contribution >= 4 is 11.6 Å². The SMILES string of the molecule is NCCCc1cn(CCC(=O)Nc2ccccc2F)nn1. The number of hydrogen-bond donors (Lipinski definition) is 2. The van der Waals surface area contributed by atoms with Crippen LogP contribution in [-0.4, -0.2) is 27.4 Å². The molecule has 0 aliphatic rings. The fraction of sp³-hybridized carbons (Fsp3) is 0.357. The third-order valence-electron chi connectivity index (χ3n) is 2.94. The Morgan fingerprint density at radius 3 is 2.95 bits per heavy atom. The lowest BCUT2D eigenvalue weighted by atomic mass is 10.2. The van der Waals surface area contributed by atoms with Crippen molar-refractivity contribution in [3.8, 4) is 0 Å². The fourth-order valence-corrected chi connectivity index (χ4v) is 1.84. The summed E-state index contributed by atoms with van der Waals surface area (Å²) in [4.78, 5) is 11.8. The van der Waals surface area contributed by atoms with E-state index in [-0.39, 0.29) is 18.0 Å². The molecule has 0 radical (unpaired) electrons. The summed E-state index contributed by atoms with van der Waals surface area (Å²) < 4.78 is 15.0. The number of halogens is 1. The van der Waals surface area contributed by atoms with E-state index in [0.29, 0.717) is 13.1 Å². The van der Waals surface area contributed by atoms with Crippen LogP contribution < -0.4 is 11.1 Å². The highest BCUT2D eigenvalue weighted by Gasteiger charge is 2.07. The largest absolute Gasteiger partial charge is 0.330 e. The van der Waals surface area contributed by atoms with Crippen LogP contribution in [0.3, 0.4) is 0 Å². The van der Waals surface area contributed by atoms with Crippen molar-refractivity contribution in [1.29, 1.82) is 0 Å². The number of nitrogens with two attached hydrogens (primary N) is 1. The Kier molecular flexibility index (Phi) is 5.39. The molecule has 112 valence electrons. The van der Waals surface area contributed by atoms with Crippen molar-refractivity contribution in [1.82, 2.24) is 15.0 Å². The molecule has 3 N–H and O–H groups in total. The van der Waals surface area contributed by atoms with Crippen LogP contribution in [0, 0.1) is 5.82 Å². The molecule has 0 saturated heterocycles. The molecule has 1 heterocycles. The summed E-state index contributed by atoms with van der Waals surface area (Å²) in [5.74, 6) is -0.713. The molecule has 6 nitrogen and oxygen atoms in total. The number of carbonyl (C=O) groups excluding carboxylic acids is 1. The molecule has 0 unspecified atom stereocenters. The summed E-state index contributed by atoms with van der Waals surface area (Å²) in [5, 5.41) is 10.5. The van der Waals surface area contributed by atoms with Gasteiger partial charge in [-0.15, -0.1) is 5.10 Å². The van der Waals surface area contributed by atoms with Crippen LogP contribution >= 0.6 is 0 Å². The highest BCUT2D eigenvalue weighted by molar-refractivity contribution is 5.90. The number of aromatic nitrogens is 3. The molecule has 7 heteroatoms. The first kappa shape index (κ1) is 15.1. The average molecular weight is 291 g/mol. The third-order valence-corrected chi connectivity index (χ3v) is 2.94. The van der Waals surface area contributed by atoms with Gasteiger partial charge in [0.2, 0.25) is 5.91 Å². The zero-order chi connectivity index (χ0) is 15.1. The zero-order valence-corrected chi connectivity index (χ0v) is 11.6. The second-order valence-corrected chi connectivity index (χ2v) is 4.64. The molecule has 1 aromatic heterocycles. The quantitative estimate of drug-likeness (QED) is 0.806. The van der Waals surface area contributed by atoms with Crippen LogP contribution in [0.1, 0.15) is 18.5 Å². The van der Waals surface area contributed by atoms with Gasteiger partial charge < -0.3 is 11.1 Å². The van der Waals surface area contributed by atoms with E-state index in [1.807, 2.05) is 0 Å². The van der Waals surface area contributed by atoms with Crippen molar-refractivity contribution in [3.05, 3.63) is 42.0 Å². The van der Waals surface area contributed by atoms with Gasteiger partial charge in [0.15, 0.2) is 0 Å². The Hall–Kier alpha value is -2.28. The third kappa shape index (κ3) is 4.64. The van der Waals surface area contributed by atoms with Crippen LogP contribution in [0.5, 0.6) is 0 Å². The summed E-state index contributed by atoms with van der Waals surface area (Å²) in [5.41, 5.74) is 6.47. The number of nitrogens with zero attached hydrogens (tertiary/aromatic N) is 3.